The molecule has 0 saturated carbocycles. The van der Waals surface area contributed by atoms with E-state index in [1.165, 1.54) is 4.57 Å². The molecule has 2 rings (SSSR count). The summed E-state index contributed by atoms with van der Waals surface area (Å²) >= 11 is 0. The van der Waals surface area contributed by atoms with Crippen LogP contribution in [0.5, 0.6) is 0 Å². The SMILES string of the molecule is O=C1CC(=O)n2cccc2N1. The third-order valence-electron chi connectivity index (χ3n) is 1.60. The van der Waals surface area contributed by atoms with E-state index in [4.69, 9.17) is 0 Å². The zero-order valence-corrected chi connectivity index (χ0v) is 5.70. The molecule has 1 aromatic rings. The monoisotopic (exact) mass is 150 g/mol. The predicted molar refractivity (Wildman–Crippen MR) is 38.3 cm³/mol. The number of hydrogen-bond acceptors (Lipinski definition) is 2. The van der Waals surface area contributed by atoms with Crippen molar-refractivity contribution in [1.29, 1.82) is 0 Å². The number of nitrogens with zero attached hydrogens (tertiary/aromatic N) is 1. The lowest BCUT2D eigenvalue weighted by Gasteiger charge is -2.13. The van der Waals surface area contributed by atoms with Gasteiger partial charge in [0.2, 0.25) is 11.8 Å². The largest absolute Gasteiger partial charge is 0.311 e. The zero-order valence-electron chi connectivity index (χ0n) is 5.70. The molecule has 1 aromatic heterocycles. The molecule has 0 unspecified atom stereocenters. The lowest BCUT2D eigenvalue weighted by Crippen LogP contribution is -2.28. The average molecular weight is 150 g/mol. The van der Waals surface area contributed by atoms with Crippen LogP contribution in [0.2, 0.25) is 0 Å². The summed E-state index contributed by atoms with van der Waals surface area (Å²) in [6, 6.07) is 3.41. The van der Waals surface area contributed by atoms with Crippen molar-refractivity contribution in [2.45, 2.75) is 6.42 Å². The van der Waals surface area contributed by atoms with Gasteiger partial charge in [-0.25, -0.2) is 0 Å². The fraction of sp³-hybridized carbons (Fsp3) is 0.143. The van der Waals surface area contributed by atoms with Crippen molar-refractivity contribution >= 4 is 17.6 Å². The lowest BCUT2D eigenvalue weighted by molar-refractivity contribution is -0.115. The molecule has 1 amide bonds. The summed E-state index contributed by atoms with van der Waals surface area (Å²) in [6.07, 6.45) is 1.58. The maximum absolute atomic E-state index is 11.1. The van der Waals surface area contributed by atoms with Crippen LogP contribution in [0.1, 0.15) is 11.2 Å². The Morgan fingerprint density at radius 3 is 3.09 bits per heavy atom. The van der Waals surface area contributed by atoms with E-state index < -0.39 is 0 Å². The van der Waals surface area contributed by atoms with Gasteiger partial charge in [-0.1, -0.05) is 0 Å². The van der Waals surface area contributed by atoms with Crippen molar-refractivity contribution in [3.8, 4) is 0 Å². The Morgan fingerprint density at radius 1 is 1.45 bits per heavy atom. The van der Waals surface area contributed by atoms with Crippen LogP contribution in [-0.2, 0) is 4.79 Å². The number of aromatic nitrogens is 1. The van der Waals surface area contributed by atoms with Crippen molar-refractivity contribution in [2.24, 2.45) is 0 Å². The first-order chi connectivity index (χ1) is 5.27. The van der Waals surface area contributed by atoms with E-state index >= 15 is 0 Å². The number of carbonyl (C=O) groups excluding carboxylic acids is 2. The van der Waals surface area contributed by atoms with Crippen LogP contribution in [0.15, 0.2) is 18.3 Å². The van der Waals surface area contributed by atoms with Gasteiger partial charge in [-0.05, 0) is 12.1 Å². The van der Waals surface area contributed by atoms with Crippen LogP contribution in [0.25, 0.3) is 0 Å². The zero-order chi connectivity index (χ0) is 7.84. The molecule has 4 nitrogen and oxygen atoms in total. The lowest BCUT2D eigenvalue weighted by atomic mass is 10.3. The van der Waals surface area contributed by atoms with E-state index in [9.17, 15) is 9.59 Å². The molecule has 1 aliphatic rings. The second kappa shape index (κ2) is 1.95. The molecule has 0 radical (unpaired) electrons. The topological polar surface area (TPSA) is 51.1 Å². The molecule has 1 aliphatic heterocycles. The summed E-state index contributed by atoms with van der Waals surface area (Å²) in [5.41, 5.74) is 0. The summed E-state index contributed by atoms with van der Waals surface area (Å²) in [5, 5.41) is 2.57. The van der Waals surface area contributed by atoms with Crippen molar-refractivity contribution < 1.29 is 9.59 Å². The average Bonchev–Trinajstić information content (AvgIpc) is 2.34. The first-order valence-corrected chi connectivity index (χ1v) is 3.28. The Hall–Kier alpha value is -1.58. The number of nitrogens with one attached hydrogen (secondary N) is 1. The smallest absolute Gasteiger partial charge is 0.241 e. The predicted octanol–water partition coefficient (Wildman–Crippen LogP) is 0.470. The molecule has 0 aromatic carbocycles. The van der Waals surface area contributed by atoms with E-state index in [1.807, 2.05) is 0 Å². The van der Waals surface area contributed by atoms with Crippen LogP contribution in [0, 0.1) is 0 Å². The fourth-order valence-corrected chi connectivity index (χ4v) is 1.11. The fourth-order valence-electron chi connectivity index (χ4n) is 1.11. The summed E-state index contributed by atoms with van der Waals surface area (Å²) in [4.78, 5) is 21.8. The summed E-state index contributed by atoms with van der Waals surface area (Å²) in [5.74, 6) is 0.154. The third kappa shape index (κ3) is 0.832. The molecule has 0 atom stereocenters. The Morgan fingerprint density at radius 2 is 2.27 bits per heavy atom. The molecule has 4 heteroatoms. The van der Waals surface area contributed by atoms with Gasteiger partial charge in [0.15, 0.2) is 0 Å². The highest BCUT2D eigenvalue weighted by atomic mass is 16.2. The van der Waals surface area contributed by atoms with Crippen molar-refractivity contribution in [2.75, 3.05) is 5.32 Å². The Balaban J connectivity index is 2.52. The van der Waals surface area contributed by atoms with Crippen LogP contribution < -0.4 is 5.32 Å². The Bertz CT molecular complexity index is 327. The third-order valence-corrected chi connectivity index (χ3v) is 1.60. The van der Waals surface area contributed by atoms with E-state index in [1.54, 1.807) is 18.3 Å². The van der Waals surface area contributed by atoms with Gasteiger partial charge in [-0.2, -0.15) is 0 Å². The van der Waals surface area contributed by atoms with Crippen molar-refractivity contribution in [1.82, 2.24) is 4.57 Å². The van der Waals surface area contributed by atoms with E-state index in [0.29, 0.717) is 5.82 Å². The van der Waals surface area contributed by atoms with E-state index in [2.05, 4.69) is 5.32 Å². The second-order valence-electron chi connectivity index (χ2n) is 2.38. The van der Waals surface area contributed by atoms with Gasteiger partial charge in [0.25, 0.3) is 0 Å². The maximum Gasteiger partial charge on any atom is 0.241 e. The first-order valence-electron chi connectivity index (χ1n) is 3.28. The molecule has 0 aliphatic carbocycles. The number of hydrogen-bond donors (Lipinski definition) is 1. The molecule has 2 heterocycles. The first kappa shape index (κ1) is 6.15. The summed E-state index contributed by atoms with van der Waals surface area (Å²) in [6.45, 7) is 0. The quantitative estimate of drug-likeness (QED) is 0.546. The highest BCUT2D eigenvalue weighted by molar-refractivity contribution is 6.08. The number of rotatable bonds is 0. The Labute approximate surface area is 62.8 Å². The van der Waals surface area contributed by atoms with Crippen LogP contribution in [0.4, 0.5) is 5.82 Å². The molecule has 0 fully saturated rings. The highest BCUT2D eigenvalue weighted by Crippen LogP contribution is 2.14. The molecule has 11 heavy (non-hydrogen) atoms. The maximum atomic E-state index is 11.1. The highest BCUT2D eigenvalue weighted by Gasteiger charge is 2.20. The van der Waals surface area contributed by atoms with Gasteiger partial charge in [-0.15, -0.1) is 0 Å². The van der Waals surface area contributed by atoms with Crippen LogP contribution in [-0.4, -0.2) is 16.4 Å². The van der Waals surface area contributed by atoms with Crippen LogP contribution >= 0.6 is 0 Å². The number of carbonyl (C=O) groups is 2. The normalized spacial score (nSPS) is 16.0. The summed E-state index contributed by atoms with van der Waals surface area (Å²) in [7, 11) is 0. The molecule has 0 saturated heterocycles. The minimum Gasteiger partial charge on any atom is -0.311 e. The van der Waals surface area contributed by atoms with Crippen molar-refractivity contribution in [3.63, 3.8) is 0 Å². The van der Waals surface area contributed by atoms with Gasteiger partial charge in [-0.3, -0.25) is 14.2 Å². The van der Waals surface area contributed by atoms with Crippen LogP contribution in [0.3, 0.4) is 0 Å². The molecule has 1 N–H and O–H groups in total. The number of anilines is 1. The van der Waals surface area contributed by atoms with Gasteiger partial charge >= 0.3 is 0 Å². The number of amides is 1. The molecule has 56 valence electrons. The standard InChI is InChI=1S/C7H6N2O2/c10-6-4-7(11)9-3-1-2-5(9)8-6/h1-3H,4H2,(H,8,10). The van der Waals surface area contributed by atoms with Gasteiger partial charge in [0, 0.05) is 6.20 Å². The number of fused-ring (bicyclic) bond motifs is 1. The summed E-state index contributed by atoms with van der Waals surface area (Å²) < 4.78 is 1.43. The van der Waals surface area contributed by atoms with Gasteiger partial charge in [0.1, 0.15) is 12.2 Å². The van der Waals surface area contributed by atoms with Crippen molar-refractivity contribution in [3.05, 3.63) is 18.3 Å². The Kier molecular flexibility index (Phi) is 1.09. The minimum absolute atomic E-state index is 0.0539. The molecular weight excluding hydrogens is 144 g/mol. The molecule has 0 spiro atoms. The van der Waals surface area contributed by atoms with E-state index in [-0.39, 0.29) is 18.2 Å². The van der Waals surface area contributed by atoms with E-state index in [0.717, 1.165) is 0 Å². The van der Waals surface area contributed by atoms with Gasteiger partial charge < -0.3 is 5.32 Å². The second-order valence-corrected chi connectivity index (χ2v) is 2.38. The molecule has 0 bridgehead atoms. The van der Waals surface area contributed by atoms with Gasteiger partial charge in [0.05, 0.1) is 0 Å². The minimum atomic E-state index is -0.235. The molecular formula is C7H6N2O2.